The molecule has 2 aromatic rings. The van der Waals surface area contributed by atoms with Crippen LogP contribution in [-0.4, -0.2) is 4.98 Å². The first-order valence-corrected chi connectivity index (χ1v) is 6.17. The largest absolute Gasteiger partial charge is 0.435 e. The van der Waals surface area contributed by atoms with Gasteiger partial charge in [0.05, 0.1) is 15.7 Å². The van der Waals surface area contributed by atoms with Crippen molar-refractivity contribution in [1.82, 2.24) is 4.98 Å². The van der Waals surface area contributed by atoms with Crippen molar-refractivity contribution in [3.8, 4) is 17.7 Å². The summed E-state index contributed by atoms with van der Waals surface area (Å²) in [6, 6.07) is 5.81. The number of pyridine rings is 1. The molecule has 0 fully saturated rings. The van der Waals surface area contributed by atoms with Crippen molar-refractivity contribution < 1.29 is 9.13 Å². The van der Waals surface area contributed by atoms with Crippen molar-refractivity contribution >= 4 is 33.2 Å². The van der Waals surface area contributed by atoms with Gasteiger partial charge in [-0.1, -0.05) is 11.6 Å². The smallest absolute Gasteiger partial charge is 0.239 e. The van der Waals surface area contributed by atoms with Crippen molar-refractivity contribution in [2.24, 2.45) is 0 Å². The molecule has 19 heavy (non-hydrogen) atoms. The number of benzene rings is 1. The van der Waals surface area contributed by atoms with E-state index in [0.717, 1.165) is 6.07 Å². The molecule has 0 aliphatic heterocycles. The fraction of sp³-hybridized carbons (Fsp3) is 0. The topological polar surface area (TPSA) is 71.9 Å². The van der Waals surface area contributed by atoms with Crippen LogP contribution < -0.4 is 10.5 Å². The summed E-state index contributed by atoms with van der Waals surface area (Å²) in [4.78, 5) is 3.88. The second kappa shape index (κ2) is 5.43. The van der Waals surface area contributed by atoms with Crippen LogP contribution in [0.2, 0.25) is 5.02 Å². The number of hydrogen-bond donors (Lipinski definition) is 1. The van der Waals surface area contributed by atoms with Gasteiger partial charge in [-0.25, -0.2) is 9.37 Å². The minimum atomic E-state index is -0.531. The fourth-order valence-electron chi connectivity index (χ4n) is 1.32. The summed E-state index contributed by atoms with van der Waals surface area (Å²) in [5, 5.41) is 8.88. The second-order valence-corrected chi connectivity index (χ2v) is 4.73. The number of nitriles is 1. The molecule has 7 heteroatoms. The van der Waals surface area contributed by atoms with E-state index in [1.807, 2.05) is 6.07 Å². The number of anilines is 1. The Morgan fingerprint density at radius 1 is 1.47 bits per heavy atom. The number of nitrogens with zero attached hydrogens (tertiary/aromatic N) is 2. The molecule has 0 saturated carbocycles. The van der Waals surface area contributed by atoms with Gasteiger partial charge in [-0.3, -0.25) is 0 Å². The highest BCUT2D eigenvalue weighted by molar-refractivity contribution is 9.10. The number of ether oxygens (including phenoxy) is 1. The highest BCUT2D eigenvalue weighted by atomic mass is 79.9. The molecular weight excluding hydrogens is 337 g/mol. The normalized spacial score (nSPS) is 10.0. The van der Waals surface area contributed by atoms with E-state index in [2.05, 4.69) is 20.9 Å². The molecule has 4 nitrogen and oxygen atoms in total. The molecule has 0 aliphatic carbocycles. The summed E-state index contributed by atoms with van der Waals surface area (Å²) in [5.41, 5.74) is 6.13. The van der Waals surface area contributed by atoms with Crippen LogP contribution in [-0.2, 0) is 0 Å². The van der Waals surface area contributed by atoms with Gasteiger partial charge in [0, 0.05) is 12.3 Å². The summed E-state index contributed by atoms with van der Waals surface area (Å²) in [5.74, 6) is -0.462. The van der Waals surface area contributed by atoms with E-state index in [4.69, 9.17) is 27.3 Å². The van der Waals surface area contributed by atoms with Gasteiger partial charge in [0.15, 0.2) is 5.75 Å². The maximum atomic E-state index is 13.4. The number of nitrogen functional groups attached to an aromatic ring is 1. The highest BCUT2D eigenvalue weighted by Gasteiger charge is 2.13. The van der Waals surface area contributed by atoms with E-state index in [0.29, 0.717) is 0 Å². The van der Waals surface area contributed by atoms with Gasteiger partial charge in [-0.2, -0.15) is 5.26 Å². The third-order valence-corrected chi connectivity index (χ3v) is 3.21. The maximum absolute atomic E-state index is 13.4. The average Bonchev–Trinajstić information content (AvgIpc) is 2.38. The van der Waals surface area contributed by atoms with Crippen LogP contribution in [0.15, 0.2) is 28.9 Å². The molecule has 0 bridgehead atoms. The lowest BCUT2D eigenvalue weighted by Crippen LogP contribution is -1.96. The van der Waals surface area contributed by atoms with Gasteiger partial charge in [0.25, 0.3) is 0 Å². The molecule has 0 radical (unpaired) electrons. The predicted octanol–water partition coefficient (Wildman–Crippen LogP) is 3.88. The molecule has 2 rings (SSSR count). The minimum Gasteiger partial charge on any atom is -0.435 e. The Labute approximate surface area is 121 Å². The third-order valence-electron chi connectivity index (χ3n) is 2.24. The Morgan fingerprint density at radius 3 is 2.89 bits per heavy atom. The van der Waals surface area contributed by atoms with Gasteiger partial charge >= 0.3 is 0 Å². The van der Waals surface area contributed by atoms with E-state index in [1.165, 1.54) is 18.3 Å². The molecule has 0 amide bonds. The lowest BCUT2D eigenvalue weighted by atomic mass is 10.3. The quantitative estimate of drug-likeness (QED) is 0.841. The Balaban J connectivity index is 2.43. The van der Waals surface area contributed by atoms with Gasteiger partial charge in [-0.15, -0.1) is 0 Å². The molecule has 0 aliphatic rings. The number of halogens is 3. The van der Waals surface area contributed by atoms with Crippen LogP contribution in [0.1, 0.15) is 5.56 Å². The minimum absolute atomic E-state index is 0.00543. The monoisotopic (exact) mass is 341 g/mol. The molecule has 1 aromatic heterocycles. The van der Waals surface area contributed by atoms with E-state index in [1.54, 1.807) is 0 Å². The van der Waals surface area contributed by atoms with Crippen molar-refractivity contribution in [2.45, 2.75) is 0 Å². The first kappa shape index (κ1) is 13.6. The first-order valence-electron chi connectivity index (χ1n) is 5.00. The summed E-state index contributed by atoms with van der Waals surface area (Å²) in [7, 11) is 0. The molecule has 0 atom stereocenters. The van der Waals surface area contributed by atoms with Crippen LogP contribution in [0.25, 0.3) is 0 Å². The zero-order valence-electron chi connectivity index (χ0n) is 9.32. The Kier molecular flexibility index (Phi) is 3.88. The lowest BCUT2D eigenvalue weighted by Gasteiger charge is -2.10. The molecule has 1 aromatic carbocycles. The standard InChI is InChI=1S/C12H6BrClFN3O/c13-7-3-9(17)10(4-8(7)15)19-12-11(14)6(5-16)1-2-18-12/h1-4H,17H2. The summed E-state index contributed by atoms with van der Waals surface area (Å²) < 4.78 is 19.0. The third kappa shape index (κ3) is 2.78. The molecule has 1 heterocycles. The molecule has 0 saturated heterocycles. The molecule has 0 unspecified atom stereocenters. The van der Waals surface area contributed by atoms with Crippen LogP contribution >= 0.6 is 27.5 Å². The number of rotatable bonds is 2. The molecule has 0 spiro atoms. The van der Waals surface area contributed by atoms with Gasteiger partial charge in [-0.05, 0) is 28.1 Å². The summed E-state index contributed by atoms with van der Waals surface area (Å²) >= 11 is 8.94. The van der Waals surface area contributed by atoms with Crippen molar-refractivity contribution in [2.75, 3.05) is 5.73 Å². The van der Waals surface area contributed by atoms with E-state index in [-0.39, 0.29) is 32.4 Å². The lowest BCUT2D eigenvalue weighted by molar-refractivity contribution is 0.460. The van der Waals surface area contributed by atoms with Crippen LogP contribution in [0.4, 0.5) is 10.1 Å². The Morgan fingerprint density at radius 2 is 2.21 bits per heavy atom. The highest BCUT2D eigenvalue weighted by Crippen LogP contribution is 2.34. The van der Waals surface area contributed by atoms with Crippen molar-refractivity contribution in [3.63, 3.8) is 0 Å². The number of aromatic nitrogens is 1. The molecule has 2 N–H and O–H groups in total. The summed E-state index contributed by atoms with van der Waals surface area (Å²) in [6.07, 6.45) is 1.37. The van der Waals surface area contributed by atoms with Crippen LogP contribution in [0.3, 0.4) is 0 Å². The average molecular weight is 343 g/mol. The van der Waals surface area contributed by atoms with Gasteiger partial charge < -0.3 is 10.5 Å². The number of nitrogens with two attached hydrogens (primary N) is 1. The number of hydrogen-bond acceptors (Lipinski definition) is 4. The fourth-order valence-corrected chi connectivity index (χ4v) is 1.87. The maximum Gasteiger partial charge on any atom is 0.239 e. The second-order valence-electron chi connectivity index (χ2n) is 3.50. The predicted molar refractivity (Wildman–Crippen MR) is 72.5 cm³/mol. The van der Waals surface area contributed by atoms with Crippen molar-refractivity contribution in [3.05, 3.63) is 45.3 Å². The molecule has 96 valence electrons. The van der Waals surface area contributed by atoms with E-state index < -0.39 is 5.82 Å². The van der Waals surface area contributed by atoms with Gasteiger partial charge in [0.1, 0.15) is 16.9 Å². The van der Waals surface area contributed by atoms with Crippen LogP contribution in [0, 0.1) is 17.1 Å². The first-order chi connectivity index (χ1) is 9.02. The van der Waals surface area contributed by atoms with Crippen molar-refractivity contribution in [1.29, 1.82) is 5.26 Å². The van der Waals surface area contributed by atoms with E-state index in [9.17, 15) is 4.39 Å². The molecular formula is C12H6BrClFN3O. The zero-order chi connectivity index (χ0) is 14.0. The Bertz CT molecular complexity index is 687. The SMILES string of the molecule is N#Cc1ccnc(Oc2cc(F)c(Br)cc2N)c1Cl. The zero-order valence-corrected chi connectivity index (χ0v) is 11.7. The van der Waals surface area contributed by atoms with E-state index >= 15 is 0 Å². The van der Waals surface area contributed by atoms with Gasteiger partial charge in [0.2, 0.25) is 5.88 Å². The van der Waals surface area contributed by atoms with Crippen LogP contribution in [0.5, 0.6) is 11.6 Å². The summed E-state index contributed by atoms with van der Waals surface area (Å²) in [6.45, 7) is 0. The Hall–Kier alpha value is -1.84.